The molecule has 0 atom stereocenters. The van der Waals surface area contributed by atoms with Crippen molar-refractivity contribution in [1.82, 2.24) is 9.55 Å². The zero-order valence-electron chi connectivity index (χ0n) is 9.67. The smallest absolute Gasteiger partial charge is 0.146 e. The fourth-order valence-electron chi connectivity index (χ4n) is 2.42. The van der Waals surface area contributed by atoms with Gasteiger partial charge in [0.2, 0.25) is 0 Å². The maximum Gasteiger partial charge on any atom is 0.146 e. The van der Waals surface area contributed by atoms with Gasteiger partial charge in [0, 0.05) is 23.6 Å². The van der Waals surface area contributed by atoms with Crippen molar-refractivity contribution in [3.05, 3.63) is 60.9 Å². The average Bonchev–Trinajstić information content (AvgIpc) is 2.84. The SMILES string of the molecule is c1ccc2c(c1)Nc1ccccc1-n1ccnc1-2. The van der Waals surface area contributed by atoms with Gasteiger partial charge < -0.3 is 5.32 Å². The van der Waals surface area contributed by atoms with Crippen LogP contribution in [0.2, 0.25) is 0 Å². The summed E-state index contributed by atoms with van der Waals surface area (Å²) in [6.45, 7) is 0. The van der Waals surface area contributed by atoms with Crippen molar-refractivity contribution < 1.29 is 0 Å². The van der Waals surface area contributed by atoms with E-state index >= 15 is 0 Å². The highest BCUT2D eigenvalue weighted by Crippen LogP contribution is 2.36. The number of rotatable bonds is 0. The lowest BCUT2D eigenvalue weighted by atomic mass is 10.1. The van der Waals surface area contributed by atoms with Crippen LogP contribution in [0.1, 0.15) is 0 Å². The van der Waals surface area contributed by atoms with Gasteiger partial charge in [-0.2, -0.15) is 0 Å². The van der Waals surface area contributed by atoms with Gasteiger partial charge in [0.15, 0.2) is 0 Å². The molecule has 2 heterocycles. The molecule has 1 aromatic heterocycles. The molecule has 86 valence electrons. The summed E-state index contributed by atoms with van der Waals surface area (Å²) in [4.78, 5) is 4.48. The Balaban J connectivity index is 2.12. The summed E-state index contributed by atoms with van der Waals surface area (Å²) < 4.78 is 2.12. The molecule has 0 fully saturated rings. The first-order chi connectivity index (χ1) is 8.93. The topological polar surface area (TPSA) is 29.9 Å². The number of benzene rings is 2. The van der Waals surface area contributed by atoms with E-state index in [1.165, 1.54) is 0 Å². The monoisotopic (exact) mass is 233 g/mol. The third kappa shape index (κ3) is 1.21. The molecule has 3 aromatic rings. The number of fused-ring (bicyclic) bond motifs is 5. The van der Waals surface area contributed by atoms with Crippen LogP contribution in [0.25, 0.3) is 17.1 Å². The number of nitrogens with zero attached hydrogens (tertiary/aromatic N) is 2. The van der Waals surface area contributed by atoms with Gasteiger partial charge in [-0.3, -0.25) is 4.57 Å². The molecule has 0 unspecified atom stereocenters. The van der Waals surface area contributed by atoms with Crippen LogP contribution in [0, 0.1) is 0 Å². The normalized spacial score (nSPS) is 11.8. The van der Waals surface area contributed by atoms with E-state index in [9.17, 15) is 0 Å². The van der Waals surface area contributed by atoms with Gasteiger partial charge in [-0.05, 0) is 24.3 Å². The molecule has 1 aliphatic heterocycles. The fourth-order valence-corrected chi connectivity index (χ4v) is 2.42. The van der Waals surface area contributed by atoms with Crippen molar-refractivity contribution >= 4 is 11.4 Å². The summed E-state index contributed by atoms with van der Waals surface area (Å²) in [6, 6.07) is 16.5. The minimum atomic E-state index is 0.975. The number of para-hydroxylation sites is 3. The summed E-state index contributed by atoms with van der Waals surface area (Å²) in [6.07, 6.45) is 3.84. The molecule has 1 N–H and O–H groups in total. The summed E-state index contributed by atoms with van der Waals surface area (Å²) in [7, 11) is 0. The number of nitrogens with one attached hydrogen (secondary N) is 1. The van der Waals surface area contributed by atoms with Gasteiger partial charge in [-0.15, -0.1) is 0 Å². The van der Waals surface area contributed by atoms with Crippen LogP contribution in [-0.4, -0.2) is 9.55 Å². The molecule has 0 amide bonds. The molecule has 1 aliphatic rings. The second-order valence-corrected chi connectivity index (χ2v) is 4.31. The second kappa shape index (κ2) is 3.47. The molecule has 0 aliphatic carbocycles. The van der Waals surface area contributed by atoms with Crippen LogP contribution < -0.4 is 5.32 Å². The van der Waals surface area contributed by atoms with Gasteiger partial charge in [0.25, 0.3) is 0 Å². The zero-order chi connectivity index (χ0) is 11.9. The van der Waals surface area contributed by atoms with E-state index in [1.807, 2.05) is 36.7 Å². The Morgan fingerprint density at radius 3 is 2.61 bits per heavy atom. The van der Waals surface area contributed by atoms with Gasteiger partial charge >= 0.3 is 0 Å². The summed E-state index contributed by atoms with van der Waals surface area (Å²) >= 11 is 0. The van der Waals surface area contributed by atoms with E-state index in [2.05, 4.69) is 39.1 Å². The van der Waals surface area contributed by atoms with Gasteiger partial charge in [0.1, 0.15) is 5.82 Å². The maximum atomic E-state index is 4.48. The predicted molar refractivity (Wildman–Crippen MR) is 72.3 cm³/mol. The second-order valence-electron chi connectivity index (χ2n) is 4.31. The van der Waals surface area contributed by atoms with Gasteiger partial charge in [0.05, 0.1) is 11.4 Å². The van der Waals surface area contributed by atoms with Gasteiger partial charge in [-0.1, -0.05) is 24.3 Å². The molecule has 2 aromatic carbocycles. The number of hydrogen-bond acceptors (Lipinski definition) is 2. The third-order valence-electron chi connectivity index (χ3n) is 3.24. The molecule has 18 heavy (non-hydrogen) atoms. The highest BCUT2D eigenvalue weighted by Gasteiger charge is 2.17. The molecular weight excluding hydrogens is 222 g/mol. The van der Waals surface area contributed by atoms with Crippen LogP contribution in [-0.2, 0) is 0 Å². The average molecular weight is 233 g/mol. The molecule has 0 saturated heterocycles. The Morgan fingerprint density at radius 2 is 1.67 bits per heavy atom. The molecule has 3 nitrogen and oxygen atoms in total. The molecule has 4 rings (SSSR count). The lowest BCUT2D eigenvalue weighted by Crippen LogP contribution is -1.95. The van der Waals surface area contributed by atoms with E-state index in [4.69, 9.17) is 0 Å². The number of anilines is 2. The number of hydrogen-bond donors (Lipinski definition) is 1. The molecule has 0 radical (unpaired) electrons. The van der Waals surface area contributed by atoms with E-state index in [0.29, 0.717) is 0 Å². The number of aromatic nitrogens is 2. The first-order valence-electron chi connectivity index (χ1n) is 5.93. The Morgan fingerprint density at radius 1 is 0.889 bits per heavy atom. The molecular formula is C15H11N3. The van der Waals surface area contributed by atoms with E-state index in [1.54, 1.807) is 0 Å². The minimum Gasteiger partial charge on any atom is -0.353 e. The van der Waals surface area contributed by atoms with Crippen molar-refractivity contribution in [2.75, 3.05) is 5.32 Å². The first-order valence-corrected chi connectivity index (χ1v) is 5.93. The van der Waals surface area contributed by atoms with Crippen LogP contribution in [0.4, 0.5) is 11.4 Å². The van der Waals surface area contributed by atoms with Crippen LogP contribution in [0.3, 0.4) is 0 Å². The van der Waals surface area contributed by atoms with Crippen molar-refractivity contribution in [3.8, 4) is 17.1 Å². The zero-order valence-corrected chi connectivity index (χ0v) is 9.67. The molecule has 3 heteroatoms. The standard InChI is InChI=1S/C15H11N3/c1-2-6-12-11(5-1)15-16-9-10-18(15)14-8-4-3-7-13(14)17-12/h1-10,17H. The Bertz CT molecular complexity index is 668. The number of imidazole rings is 1. The highest BCUT2D eigenvalue weighted by atomic mass is 15.1. The first kappa shape index (κ1) is 9.48. The minimum absolute atomic E-state index is 0.975. The Hall–Kier alpha value is -2.55. The Kier molecular flexibility index (Phi) is 1.83. The summed E-state index contributed by atoms with van der Waals surface area (Å²) in [5.74, 6) is 0.975. The molecule has 0 spiro atoms. The van der Waals surface area contributed by atoms with Gasteiger partial charge in [-0.25, -0.2) is 4.98 Å². The highest BCUT2D eigenvalue weighted by molar-refractivity contribution is 5.84. The van der Waals surface area contributed by atoms with Crippen LogP contribution >= 0.6 is 0 Å². The van der Waals surface area contributed by atoms with E-state index in [0.717, 1.165) is 28.5 Å². The lowest BCUT2D eigenvalue weighted by Gasteiger charge is -2.09. The largest absolute Gasteiger partial charge is 0.353 e. The predicted octanol–water partition coefficient (Wildman–Crippen LogP) is 3.60. The maximum absolute atomic E-state index is 4.48. The van der Waals surface area contributed by atoms with Crippen molar-refractivity contribution in [2.45, 2.75) is 0 Å². The summed E-state index contributed by atoms with van der Waals surface area (Å²) in [5, 5.41) is 3.48. The van der Waals surface area contributed by atoms with E-state index in [-0.39, 0.29) is 0 Å². The lowest BCUT2D eigenvalue weighted by molar-refractivity contribution is 1.08. The fraction of sp³-hybridized carbons (Fsp3) is 0. The molecule has 0 bridgehead atoms. The molecule has 0 saturated carbocycles. The third-order valence-corrected chi connectivity index (χ3v) is 3.24. The Labute approximate surface area is 105 Å². The summed E-state index contributed by atoms with van der Waals surface area (Å²) in [5.41, 5.74) is 4.44. The quantitative estimate of drug-likeness (QED) is 0.503. The van der Waals surface area contributed by atoms with Crippen molar-refractivity contribution in [1.29, 1.82) is 0 Å². The van der Waals surface area contributed by atoms with E-state index < -0.39 is 0 Å². The van der Waals surface area contributed by atoms with Crippen molar-refractivity contribution in [2.24, 2.45) is 0 Å². The van der Waals surface area contributed by atoms with Crippen LogP contribution in [0.15, 0.2) is 60.9 Å². The van der Waals surface area contributed by atoms with Crippen LogP contribution in [0.5, 0.6) is 0 Å². The van der Waals surface area contributed by atoms with Crippen molar-refractivity contribution in [3.63, 3.8) is 0 Å².